The molecule has 1 N–H and O–H groups in total. The zero-order chi connectivity index (χ0) is 7.14. The molecule has 0 saturated carbocycles. The molecule has 0 aromatic heterocycles. The van der Waals surface area contributed by atoms with Crippen molar-refractivity contribution in [1.29, 1.82) is 0 Å². The van der Waals surface area contributed by atoms with Gasteiger partial charge in [-0.15, -0.1) is 0 Å². The topological polar surface area (TPSA) is 40.5 Å². The van der Waals surface area contributed by atoms with Crippen molar-refractivity contribution in [2.24, 2.45) is 0 Å². The lowest BCUT2D eigenvalue weighted by atomic mass is 10.0. The molecule has 0 aromatic rings. The highest BCUT2D eigenvalue weighted by molar-refractivity contribution is 5.85. The van der Waals surface area contributed by atoms with E-state index < -0.39 is 0 Å². The zero-order valence-electron chi connectivity index (χ0n) is 5.58. The third kappa shape index (κ3) is 0.609. The SMILES string of the molecule is O=C1C[C@@H]2CC(CO)=CN12. The summed E-state index contributed by atoms with van der Waals surface area (Å²) < 4.78 is 0. The van der Waals surface area contributed by atoms with Crippen molar-refractivity contribution < 1.29 is 9.90 Å². The predicted molar refractivity (Wildman–Crippen MR) is 35.0 cm³/mol. The molecule has 10 heavy (non-hydrogen) atoms. The number of amides is 1. The molecule has 1 saturated heterocycles. The molecule has 1 fully saturated rings. The molecule has 0 bridgehead atoms. The lowest BCUT2D eigenvalue weighted by molar-refractivity contribution is -0.140. The Kier molecular flexibility index (Phi) is 1.08. The van der Waals surface area contributed by atoms with Gasteiger partial charge in [0.1, 0.15) is 0 Å². The Labute approximate surface area is 58.9 Å². The maximum Gasteiger partial charge on any atom is 0.228 e. The number of carbonyl (C=O) groups is 1. The molecule has 2 rings (SSSR count). The van der Waals surface area contributed by atoms with E-state index in [-0.39, 0.29) is 12.5 Å². The Hall–Kier alpha value is -0.830. The molecule has 0 spiro atoms. The fourth-order valence-corrected chi connectivity index (χ4v) is 1.50. The van der Waals surface area contributed by atoms with E-state index >= 15 is 0 Å². The summed E-state index contributed by atoms with van der Waals surface area (Å²) in [6.45, 7) is 0.0975. The van der Waals surface area contributed by atoms with Gasteiger partial charge in [0, 0.05) is 18.7 Å². The zero-order valence-corrected chi connectivity index (χ0v) is 5.58. The summed E-state index contributed by atoms with van der Waals surface area (Å²) in [5, 5.41) is 8.71. The van der Waals surface area contributed by atoms with Crippen LogP contribution < -0.4 is 0 Å². The summed E-state index contributed by atoms with van der Waals surface area (Å²) in [4.78, 5) is 12.5. The fraction of sp³-hybridized carbons (Fsp3) is 0.571. The van der Waals surface area contributed by atoms with Crippen molar-refractivity contribution in [1.82, 2.24) is 4.90 Å². The molecule has 3 nitrogen and oxygen atoms in total. The number of fused-ring (bicyclic) bond motifs is 1. The molecule has 1 amide bonds. The van der Waals surface area contributed by atoms with Crippen molar-refractivity contribution in [2.75, 3.05) is 6.61 Å². The maximum atomic E-state index is 10.8. The van der Waals surface area contributed by atoms with E-state index in [1.807, 2.05) is 0 Å². The first-order valence-electron chi connectivity index (χ1n) is 3.43. The standard InChI is InChI=1S/C7H9NO2/c9-4-5-1-6-2-7(10)8(6)3-5/h3,6,9H,1-2,4H2/t6-/m0/s1. The first kappa shape index (κ1) is 5.92. The fourth-order valence-electron chi connectivity index (χ4n) is 1.50. The van der Waals surface area contributed by atoms with Gasteiger partial charge >= 0.3 is 0 Å². The van der Waals surface area contributed by atoms with Crippen LogP contribution in [0.1, 0.15) is 12.8 Å². The molecule has 2 aliphatic heterocycles. The first-order valence-corrected chi connectivity index (χ1v) is 3.43. The van der Waals surface area contributed by atoms with Gasteiger partial charge in [-0.2, -0.15) is 0 Å². The van der Waals surface area contributed by atoms with Crippen LogP contribution in [0.5, 0.6) is 0 Å². The van der Waals surface area contributed by atoms with E-state index in [4.69, 9.17) is 5.11 Å². The lowest BCUT2D eigenvalue weighted by Crippen LogP contribution is -2.45. The number of aliphatic hydroxyl groups excluding tert-OH is 1. The molecule has 54 valence electrons. The smallest absolute Gasteiger partial charge is 0.228 e. The Bertz CT molecular complexity index is 210. The molecular formula is C7H9NO2. The third-order valence-electron chi connectivity index (χ3n) is 2.11. The Balaban J connectivity index is 2.12. The van der Waals surface area contributed by atoms with Crippen molar-refractivity contribution in [2.45, 2.75) is 18.9 Å². The van der Waals surface area contributed by atoms with E-state index in [0.717, 1.165) is 12.0 Å². The highest BCUT2D eigenvalue weighted by atomic mass is 16.3. The average Bonchev–Trinajstić information content (AvgIpc) is 2.26. The van der Waals surface area contributed by atoms with Crippen molar-refractivity contribution in [3.05, 3.63) is 11.8 Å². The highest BCUT2D eigenvalue weighted by Gasteiger charge is 2.38. The van der Waals surface area contributed by atoms with Crippen LogP contribution in [0, 0.1) is 0 Å². The van der Waals surface area contributed by atoms with Crippen LogP contribution in [-0.2, 0) is 4.79 Å². The summed E-state index contributed by atoms with van der Waals surface area (Å²) in [5.41, 5.74) is 0.982. The largest absolute Gasteiger partial charge is 0.392 e. The molecule has 0 aliphatic carbocycles. The summed E-state index contributed by atoms with van der Waals surface area (Å²) in [5.74, 6) is 0.188. The normalized spacial score (nSPS) is 29.7. The van der Waals surface area contributed by atoms with Crippen molar-refractivity contribution >= 4 is 5.91 Å². The van der Waals surface area contributed by atoms with Crippen LogP contribution >= 0.6 is 0 Å². The molecule has 0 radical (unpaired) electrons. The minimum atomic E-state index is 0.0975. The number of carbonyl (C=O) groups excluding carboxylic acids is 1. The van der Waals surface area contributed by atoms with Crippen LogP contribution in [-0.4, -0.2) is 28.6 Å². The second-order valence-corrected chi connectivity index (χ2v) is 2.81. The van der Waals surface area contributed by atoms with Crippen molar-refractivity contribution in [3.8, 4) is 0 Å². The van der Waals surface area contributed by atoms with Gasteiger partial charge in [-0.1, -0.05) is 0 Å². The molecule has 1 atom stereocenters. The summed E-state index contributed by atoms with van der Waals surface area (Å²) in [6, 6.07) is 0.384. The van der Waals surface area contributed by atoms with E-state index in [1.54, 1.807) is 11.1 Å². The molecule has 0 unspecified atom stereocenters. The second kappa shape index (κ2) is 1.83. The Morgan fingerprint density at radius 3 is 3.00 bits per heavy atom. The molecule has 2 heterocycles. The molecule has 2 aliphatic rings. The van der Waals surface area contributed by atoms with E-state index in [2.05, 4.69) is 0 Å². The lowest BCUT2D eigenvalue weighted by Gasteiger charge is -2.32. The van der Waals surface area contributed by atoms with Gasteiger partial charge in [-0.25, -0.2) is 0 Å². The number of nitrogens with zero attached hydrogens (tertiary/aromatic N) is 1. The van der Waals surface area contributed by atoms with E-state index in [0.29, 0.717) is 12.5 Å². The molecule has 0 aromatic carbocycles. The monoisotopic (exact) mass is 139 g/mol. The van der Waals surface area contributed by atoms with Gasteiger partial charge in [-0.3, -0.25) is 4.79 Å². The van der Waals surface area contributed by atoms with E-state index in [9.17, 15) is 4.79 Å². The third-order valence-corrected chi connectivity index (χ3v) is 2.11. The van der Waals surface area contributed by atoms with Crippen LogP contribution in [0.2, 0.25) is 0 Å². The van der Waals surface area contributed by atoms with Gasteiger partial charge in [0.2, 0.25) is 5.91 Å². The Morgan fingerprint density at radius 1 is 1.70 bits per heavy atom. The number of β-lactam (4-membered cyclic amide) rings is 1. The second-order valence-electron chi connectivity index (χ2n) is 2.81. The predicted octanol–water partition coefficient (Wildman–Crippen LogP) is -0.133. The first-order chi connectivity index (χ1) is 4.81. The van der Waals surface area contributed by atoms with Crippen LogP contribution in [0.25, 0.3) is 0 Å². The van der Waals surface area contributed by atoms with Gasteiger partial charge in [0.15, 0.2) is 0 Å². The minimum Gasteiger partial charge on any atom is -0.392 e. The van der Waals surface area contributed by atoms with Gasteiger partial charge in [0.05, 0.1) is 6.61 Å². The minimum absolute atomic E-state index is 0.0975. The summed E-state index contributed by atoms with van der Waals surface area (Å²) >= 11 is 0. The maximum absolute atomic E-state index is 10.8. The number of rotatable bonds is 1. The molecular weight excluding hydrogens is 130 g/mol. The number of hydrogen-bond acceptors (Lipinski definition) is 2. The number of aliphatic hydroxyl groups is 1. The van der Waals surface area contributed by atoms with Gasteiger partial charge in [0.25, 0.3) is 0 Å². The van der Waals surface area contributed by atoms with Gasteiger partial charge in [-0.05, 0) is 12.0 Å². The summed E-state index contributed by atoms with van der Waals surface area (Å²) in [7, 11) is 0. The van der Waals surface area contributed by atoms with Crippen LogP contribution in [0.4, 0.5) is 0 Å². The van der Waals surface area contributed by atoms with Gasteiger partial charge < -0.3 is 10.0 Å². The average molecular weight is 139 g/mol. The highest BCUT2D eigenvalue weighted by Crippen LogP contribution is 2.31. The molecule has 3 heteroatoms. The summed E-state index contributed by atoms with van der Waals surface area (Å²) in [6.07, 6.45) is 3.32. The van der Waals surface area contributed by atoms with Crippen LogP contribution in [0.15, 0.2) is 11.8 Å². The van der Waals surface area contributed by atoms with E-state index in [1.165, 1.54) is 0 Å². The number of hydrogen-bond donors (Lipinski definition) is 1. The van der Waals surface area contributed by atoms with Crippen molar-refractivity contribution in [3.63, 3.8) is 0 Å². The Morgan fingerprint density at radius 2 is 2.50 bits per heavy atom. The van der Waals surface area contributed by atoms with Crippen LogP contribution in [0.3, 0.4) is 0 Å². The quantitative estimate of drug-likeness (QED) is 0.514.